The van der Waals surface area contributed by atoms with Crippen LogP contribution >= 0.6 is 0 Å². The molecule has 1 heterocycles. The minimum Gasteiger partial charge on any atom is -0.483 e. The topological polar surface area (TPSA) is 101 Å². The zero-order valence-corrected chi connectivity index (χ0v) is 11.1. The number of amides is 1. The summed E-state index contributed by atoms with van der Waals surface area (Å²) in [5.41, 5.74) is 2.77. The fourth-order valence-corrected chi connectivity index (χ4v) is 1.75. The monoisotopic (exact) mass is 289 g/mol. The lowest BCUT2D eigenvalue weighted by atomic mass is 10.2. The molecule has 108 valence electrons. The van der Waals surface area contributed by atoms with Crippen molar-refractivity contribution in [2.24, 2.45) is 5.84 Å². The van der Waals surface area contributed by atoms with Gasteiger partial charge in [0.15, 0.2) is 17.3 Å². The van der Waals surface area contributed by atoms with E-state index in [4.69, 9.17) is 20.3 Å². The molecule has 0 aliphatic rings. The molecule has 1 aromatic carbocycles. The molecule has 1 amide bonds. The maximum absolute atomic E-state index is 13.6. The van der Waals surface area contributed by atoms with E-state index in [1.807, 2.05) is 11.5 Å². The van der Waals surface area contributed by atoms with E-state index < -0.39 is 11.7 Å². The number of rotatable bonds is 4. The number of aryl methyl sites for hydroxylation is 1. The number of benzene rings is 1. The quantitative estimate of drug-likeness (QED) is 0.507. The van der Waals surface area contributed by atoms with Gasteiger partial charge in [0, 0.05) is 5.56 Å². The van der Waals surface area contributed by atoms with Crippen molar-refractivity contribution < 1.29 is 18.3 Å². The highest BCUT2D eigenvalue weighted by atomic mass is 19.1. The Labute approximate surface area is 119 Å². The summed E-state index contributed by atoms with van der Waals surface area (Å²) in [5, 5.41) is 8.65. The molecule has 0 aliphatic carbocycles. The van der Waals surface area contributed by atoms with Crippen LogP contribution in [-0.2, 0) is 6.61 Å². The molecule has 6 nitrogen and oxygen atoms in total. The van der Waals surface area contributed by atoms with Crippen molar-refractivity contribution in [1.82, 2.24) is 5.43 Å². The Bertz CT molecular complexity index is 719. The lowest BCUT2D eigenvalue weighted by molar-refractivity contribution is 0.0921. The van der Waals surface area contributed by atoms with Crippen molar-refractivity contribution in [3.63, 3.8) is 0 Å². The number of hydrogen-bond acceptors (Lipinski definition) is 5. The lowest BCUT2D eigenvalue weighted by Crippen LogP contribution is -2.30. The van der Waals surface area contributed by atoms with Crippen molar-refractivity contribution in [2.45, 2.75) is 13.5 Å². The Morgan fingerprint density at radius 3 is 2.90 bits per heavy atom. The second-order valence-electron chi connectivity index (χ2n) is 4.24. The second kappa shape index (κ2) is 6.07. The van der Waals surface area contributed by atoms with Crippen LogP contribution in [0.25, 0.3) is 0 Å². The summed E-state index contributed by atoms with van der Waals surface area (Å²) in [6.07, 6.45) is 0. The van der Waals surface area contributed by atoms with Gasteiger partial charge >= 0.3 is 5.91 Å². The van der Waals surface area contributed by atoms with E-state index in [2.05, 4.69) is 0 Å². The highest BCUT2D eigenvalue weighted by molar-refractivity contribution is 5.92. The van der Waals surface area contributed by atoms with Gasteiger partial charge in [0.05, 0.1) is 11.6 Å². The summed E-state index contributed by atoms with van der Waals surface area (Å²) in [4.78, 5) is 11.4. The molecule has 0 fully saturated rings. The molecule has 0 aliphatic heterocycles. The van der Waals surface area contributed by atoms with Crippen molar-refractivity contribution in [3.8, 4) is 11.8 Å². The zero-order valence-electron chi connectivity index (χ0n) is 11.1. The average Bonchev–Trinajstić information content (AvgIpc) is 2.86. The maximum atomic E-state index is 13.6. The van der Waals surface area contributed by atoms with Gasteiger partial charge in [-0.05, 0) is 31.2 Å². The van der Waals surface area contributed by atoms with E-state index in [0.29, 0.717) is 11.3 Å². The van der Waals surface area contributed by atoms with Gasteiger partial charge < -0.3 is 9.15 Å². The number of hydrogen-bond donors (Lipinski definition) is 2. The first-order valence-electron chi connectivity index (χ1n) is 5.98. The van der Waals surface area contributed by atoms with Gasteiger partial charge in [-0.15, -0.1) is 0 Å². The molecule has 0 radical (unpaired) electrons. The third kappa shape index (κ3) is 3.19. The summed E-state index contributed by atoms with van der Waals surface area (Å²) < 4.78 is 24.2. The molecule has 0 spiro atoms. The number of nitrogens with two attached hydrogens (primary N) is 1. The van der Waals surface area contributed by atoms with E-state index in [-0.39, 0.29) is 23.7 Å². The summed E-state index contributed by atoms with van der Waals surface area (Å²) in [6, 6.07) is 7.31. The number of hydrazine groups is 1. The Morgan fingerprint density at radius 2 is 2.29 bits per heavy atom. The standard InChI is InChI=1S/C14H12FN3O3/c1-8-4-10(21-13(8)14(19)18-17)7-20-12-3-2-9(6-16)5-11(12)15/h2-5H,7,17H2,1H3,(H,18,19). The fraction of sp³-hybridized carbons (Fsp3) is 0.143. The molecule has 7 heteroatoms. The highest BCUT2D eigenvalue weighted by Gasteiger charge is 2.15. The van der Waals surface area contributed by atoms with Crippen LogP contribution in [0.2, 0.25) is 0 Å². The first-order valence-corrected chi connectivity index (χ1v) is 5.98. The molecule has 0 saturated carbocycles. The molecule has 1 aromatic heterocycles. The second-order valence-corrected chi connectivity index (χ2v) is 4.24. The number of carbonyl (C=O) groups is 1. The normalized spacial score (nSPS) is 10.0. The third-order valence-electron chi connectivity index (χ3n) is 2.74. The van der Waals surface area contributed by atoms with Crippen molar-refractivity contribution in [2.75, 3.05) is 0 Å². The van der Waals surface area contributed by atoms with Crippen molar-refractivity contribution >= 4 is 5.91 Å². The number of ether oxygens (including phenoxy) is 1. The number of nitriles is 1. The molecule has 21 heavy (non-hydrogen) atoms. The Hall–Kier alpha value is -2.85. The summed E-state index contributed by atoms with van der Waals surface area (Å²) in [7, 11) is 0. The Kier molecular flexibility index (Phi) is 4.21. The predicted octanol–water partition coefficient (Wildman–Crippen LogP) is 1.78. The number of nitrogens with zero attached hydrogens (tertiary/aromatic N) is 1. The van der Waals surface area contributed by atoms with Crippen LogP contribution in [0.15, 0.2) is 28.7 Å². The van der Waals surface area contributed by atoms with Crippen LogP contribution in [0.1, 0.15) is 27.4 Å². The number of carbonyl (C=O) groups excluding carboxylic acids is 1. The van der Waals surface area contributed by atoms with E-state index >= 15 is 0 Å². The summed E-state index contributed by atoms with van der Waals surface area (Å²) in [6.45, 7) is 1.63. The van der Waals surface area contributed by atoms with Crippen LogP contribution in [0.3, 0.4) is 0 Å². The minimum atomic E-state index is -0.641. The van der Waals surface area contributed by atoms with Crippen LogP contribution in [0.4, 0.5) is 4.39 Å². The summed E-state index contributed by atoms with van der Waals surface area (Å²) in [5.74, 6) is 4.26. The summed E-state index contributed by atoms with van der Waals surface area (Å²) >= 11 is 0. The number of nitrogen functional groups attached to an aromatic ring is 1. The molecule has 2 rings (SSSR count). The molecular formula is C14H12FN3O3. The number of furan rings is 1. The average molecular weight is 289 g/mol. The van der Waals surface area contributed by atoms with Gasteiger partial charge in [0.2, 0.25) is 0 Å². The zero-order chi connectivity index (χ0) is 15.4. The van der Waals surface area contributed by atoms with Crippen LogP contribution in [0, 0.1) is 24.1 Å². The first kappa shape index (κ1) is 14.6. The fourth-order valence-electron chi connectivity index (χ4n) is 1.75. The Morgan fingerprint density at radius 1 is 1.52 bits per heavy atom. The van der Waals surface area contributed by atoms with Gasteiger partial charge in [-0.25, -0.2) is 10.2 Å². The van der Waals surface area contributed by atoms with Crippen molar-refractivity contribution in [1.29, 1.82) is 5.26 Å². The van der Waals surface area contributed by atoms with E-state index in [1.165, 1.54) is 12.1 Å². The van der Waals surface area contributed by atoms with Crippen LogP contribution in [0.5, 0.6) is 5.75 Å². The van der Waals surface area contributed by atoms with Gasteiger partial charge in [0.1, 0.15) is 12.4 Å². The highest BCUT2D eigenvalue weighted by Crippen LogP contribution is 2.21. The number of nitrogens with one attached hydrogen (secondary N) is 1. The third-order valence-corrected chi connectivity index (χ3v) is 2.74. The van der Waals surface area contributed by atoms with Gasteiger partial charge in [-0.1, -0.05) is 0 Å². The van der Waals surface area contributed by atoms with Gasteiger partial charge in [0.25, 0.3) is 0 Å². The molecule has 0 bridgehead atoms. The van der Waals surface area contributed by atoms with Crippen LogP contribution < -0.4 is 16.0 Å². The van der Waals surface area contributed by atoms with Gasteiger partial charge in [-0.2, -0.15) is 5.26 Å². The van der Waals surface area contributed by atoms with Gasteiger partial charge in [-0.3, -0.25) is 10.2 Å². The molecule has 3 N–H and O–H groups in total. The first-order chi connectivity index (χ1) is 10.0. The largest absolute Gasteiger partial charge is 0.483 e. The maximum Gasteiger partial charge on any atom is 0.301 e. The van der Waals surface area contributed by atoms with E-state index in [1.54, 1.807) is 13.0 Å². The number of halogens is 1. The Balaban J connectivity index is 2.10. The predicted molar refractivity (Wildman–Crippen MR) is 70.5 cm³/mol. The molecule has 0 atom stereocenters. The lowest BCUT2D eigenvalue weighted by Gasteiger charge is -2.05. The minimum absolute atomic E-state index is 0.00659. The molecule has 0 saturated heterocycles. The van der Waals surface area contributed by atoms with E-state index in [9.17, 15) is 9.18 Å². The van der Waals surface area contributed by atoms with E-state index in [0.717, 1.165) is 6.07 Å². The van der Waals surface area contributed by atoms with Crippen molar-refractivity contribution in [3.05, 3.63) is 52.7 Å². The molecule has 2 aromatic rings. The molecular weight excluding hydrogens is 277 g/mol. The smallest absolute Gasteiger partial charge is 0.301 e. The van der Waals surface area contributed by atoms with Crippen LogP contribution in [-0.4, -0.2) is 5.91 Å². The SMILES string of the molecule is Cc1cc(COc2ccc(C#N)cc2F)oc1C(=O)NN. The molecule has 0 unspecified atom stereocenters.